The monoisotopic (exact) mass is 452 g/mol. The van der Waals surface area contributed by atoms with E-state index in [9.17, 15) is 9.59 Å². The van der Waals surface area contributed by atoms with E-state index in [0.29, 0.717) is 29.2 Å². The second kappa shape index (κ2) is 10.6. The first kappa shape index (κ1) is 23.7. The lowest BCUT2D eigenvalue weighted by Gasteiger charge is -2.16. The highest BCUT2D eigenvalue weighted by Gasteiger charge is 2.24. The number of methoxy groups -OCH3 is 4. The van der Waals surface area contributed by atoms with Crippen molar-refractivity contribution in [3.05, 3.63) is 59.3 Å². The second-order valence-corrected chi connectivity index (χ2v) is 7.35. The minimum absolute atomic E-state index is 0.298. The van der Waals surface area contributed by atoms with Gasteiger partial charge in [0.15, 0.2) is 11.5 Å². The number of esters is 1. The highest BCUT2D eigenvalue weighted by Crippen LogP contribution is 2.38. The van der Waals surface area contributed by atoms with Gasteiger partial charge in [-0.15, -0.1) is 0 Å². The molecule has 1 atom stereocenters. The lowest BCUT2D eigenvalue weighted by Crippen LogP contribution is -2.42. The molecule has 0 aliphatic carbocycles. The van der Waals surface area contributed by atoms with E-state index in [0.717, 1.165) is 22.2 Å². The lowest BCUT2D eigenvalue weighted by atomic mass is 10.0. The molecular weight excluding hydrogens is 424 g/mol. The Bertz CT molecular complexity index is 1160. The number of aromatic amines is 1. The van der Waals surface area contributed by atoms with Crippen LogP contribution < -0.4 is 19.5 Å². The SMILES string of the molecule is COC(=O)[C@H](Cc1c(C)[nH]c2ccccc12)NC(=O)/C=C/c1cc(OC)c(OC)c(OC)c1. The van der Waals surface area contributed by atoms with Crippen molar-refractivity contribution >= 4 is 28.9 Å². The number of aryl methyl sites for hydroxylation is 1. The molecule has 0 unspecified atom stereocenters. The molecule has 0 aliphatic heterocycles. The number of benzene rings is 2. The van der Waals surface area contributed by atoms with Gasteiger partial charge in [0.05, 0.1) is 28.4 Å². The van der Waals surface area contributed by atoms with Gasteiger partial charge in [0.1, 0.15) is 6.04 Å². The molecule has 8 heteroatoms. The summed E-state index contributed by atoms with van der Waals surface area (Å²) in [5.41, 5.74) is 3.53. The molecule has 0 bridgehead atoms. The minimum Gasteiger partial charge on any atom is -0.493 e. The van der Waals surface area contributed by atoms with Gasteiger partial charge in [-0.05, 0) is 42.3 Å². The predicted molar refractivity (Wildman–Crippen MR) is 126 cm³/mol. The molecule has 0 spiro atoms. The van der Waals surface area contributed by atoms with E-state index >= 15 is 0 Å². The molecule has 3 aromatic rings. The average Bonchev–Trinajstić information content (AvgIpc) is 3.15. The number of para-hydroxylation sites is 1. The first-order valence-electron chi connectivity index (χ1n) is 10.3. The lowest BCUT2D eigenvalue weighted by molar-refractivity contribution is -0.144. The average molecular weight is 453 g/mol. The Balaban J connectivity index is 1.80. The number of aromatic nitrogens is 1. The van der Waals surface area contributed by atoms with E-state index in [1.807, 2.05) is 31.2 Å². The van der Waals surface area contributed by atoms with Crippen LogP contribution in [0, 0.1) is 6.92 Å². The highest BCUT2D eigenvalue weighted by molar-refractivity contribution is 5.95. The zero-order valence-electron chi connectivity index (χ0n) is 19.4. The van der Waals surface area contributed by atoms with E-state index in [1.165, 1.54) is 34.5 Å². The van der Waals surface area contributed by atoms with Crippen molar-refractivity contribution in [3.63, 3.8) is 0 Å². The first-order chi connectivity index (χ1) is 15.9. The Morgan fingerprint density at radius 2 is 1.70 bits per heavy atom. The van der Waals surface area contributed by atoms with Gasteiger partial charge in [0, 0.05) is 29.1 Å². The van der Waals surface area contributed by atoms with Crippen LogP contribution in [0.25, 0.3) is 17.0 Å². The summed E-state index contributed by atoms with van der Waals surface area (Å²) in [6.45, 7) is 1.94. The molecule has 2 N–H and O–H groups in total. The molecule has 2 aromatic carbocycles. The Kier molecular flexibility index (Phi) is 7.61. The third kappa shape index (κ3) is 5.28. The number of ether oxygens (including phenoxy) is 4. The molecule has 0 fully saturated rings. The molecule has 1 heterocycles. The van der Waals surface area contributed by atoms with Crippen molar-refractivity contribution in [2.75, 3.05) is 28.4 Å². The summed E-state index contributed by atoms with van der Waals surface area (Å²) in [5.74, 6) is 0.450. The maximum absolute atomic E-state index is 12.7. The number of hydrogen-bond donors (Lipinski definition) is 2. The predicted octanol–water partition coefficient (Wildman–Crippen LogP) is 3.42. The normalized spacial score (nSPS) is 11.9. The van der Waals surface area contributed by atoms with E-state index in [4.69, 9.17) is 18.9 Å². The van der Waals surface area contributed by atoms with Gasteiger partial charge in [-0.1, -0.05) is 18.2 Å². The topological polar surface area (TPSA) is 98.9 Å². The fourth-order valence-electron chi connectivity index (χ4n) is 3.73. The summed E-state index contributed by atoms with van der Waals surface area (Å²) in [6, 6.07) is 10.4. The molecule has 0 aliphatic rings. The number of carbonyl (C=O) groups excluding carboxylic acids is 2. The van der Waals surface area contributed by atoms with Crippen molar-refractivity contribution in [1.29, 1.82) is 0 Å². The van der Waals surface area contributed by atoms with Crippen LogP contribution in [0.1, 0.15) is 16.8 Å². The van der Waals surface area contributed by atoms with Gasteiger partial charge in [0.2, 0.25) is 11.7 Å². The van der Waals surface area contributed by atoms with E-state index in [2.05, 4.69) is 10.3 Å². The zero-order chi connectivity index (χ0) is 24.0. The van der Waals surface area contributed by atoms with Crippen LogP contribution in [0.5, 0.6) is 17.2 Å². The molecule has 1 aromatic heterocycles. The molecule has 0 saturated heterocycles. The molecule has 33 heavy (non-hydrogen) atoms. The molecular formula is C25H28N2O6. The quantitative estimate of drug-likeness (QED) is 0.381. The minimum atomic E-state index is -0.843. The van der Waals surface area contributed by atoms with Crippen molar-refractivity contribution in [2.45, 2.75) is 19.4 Å². The van der Waals surface area contributed by atoms with Crippen LogP contribution in [-0.2, 0) is 20.7 Å². The molecule has 8 nitrogen and oxygen atoms in total. The fraction of sp³-hybridized carbons (Fsp3) is 0.280. The van der Waals surface area contributed by atoms with Gasteiger partial charge in [-0.25, -0.2) is 4.79 Å². The van der Waals surface area contributed by atoms with Gasteiger partial charge >= 0.3 is 5.97 Å². The number of H-pyrrole nitrogens is 1. The fourth-order valence-corrected chi connectivity index (χ4v) is 3.73. The van der Waals surface area contributed by atoms with Gasteiger partial charge < -0.3 is 29.2 Å². The van der Waals surface area contributed by atoms with Crippen LogP contribution in [0.15, 0.2) is 42.5 Å². The molecule has 0 radical (unpaired) electrons. The molecule has 3 rings (SSSR count). The van der Waals surface area contributed by atoms with Crippen LogP contribution in [0.3, 0.4) is 0 Å². The highest BCUT2D eigenvalue weighted by atomic mass is 16.5. The zero-order valence-corrected chi connectivity index (χ0v) is 19.4. The summed E-state index contributed by atoms with van der Waals surface area (Å²) < 4.78 is 20.9. The molecule has 1 amide bonds. The van der Waals surface area contributed by atoms with Crippen molar-refractivity contribution < 1.29 is 28.5 Å². The first-order valence-corrected chi connectivity index (χ1v) is 10.3. The third-order valence-corrected chi connectivity index (χ3v) is 5.35. The van der Waals surface area contributed by atoms with Gasteiger partial charge in [0.25, 0.3) is 0 Å². The largest absolute Gasteiger partial charge is 0.493 e. The summed E-state index contributed by atoms with van der Waals surface area (Å²) in [6.07, 6.45) is 3.25. The van der Waals surface area contributed by atoms with E-state index < -0.39 is 17.9 Å². The second-order valence-electron chi connectivity index (χ2n) is 7.35. The summed E-state index contributed by atoms with van der Waals surface area (Å²) in [4.78, 5) is 28.4. The standard InChI is InChI=1S/C25H28N2O6/c1-15-18(17-8-6-7-9-19(17)26-15)14-20(25(29)33-5)27-23(28)11-10-16-12-21(30-2)24(32-4)22(13-16)31-3/h6-13,20,26H,14H2,1-5H3,(H,27,28)/b11-10+/t20-/m0/s1. The van der Waals surface area contributed by atoms with Crippen molar-refractivity contribution in [3.8, 4) is 17.2 Å². The van der Waals surface area contributed by atoms with E-state index in [1.54, 1.807) is 18.2 Å². The van der Waals surface area contributed by atoms with Crippen LogP contribution in [-0.4, -0.2) is 51.3 Å². The smallest absolute Gasteiger partial charge is 0.328 e. The summed E-state index contributed by atoms with van der Waals surface area (Å²) >= 11 is 0. The maximum Gasteiger partial charge on any atom is 0.328 e. The Hall–Kier alpha value is -3.94. The summed E-state index contributed by atoms with van der Waals surface area (Å²) in [7, 11) is 5.86. The van der Waals surface area contributed by atoms with Crippen LogP contribution in [0.4, 0.5) is 0 Å². The maximum atomic E-state index is 12.7. The molecule has 0 saturated carbocycles. The number of fused-ring (bicyclic) bond motifs is 1. The van der Waals surface area contributed by atoms with Gasteiger partial charge in [-0.3, -0.25) is 4.79 Å². The van der Waals surface area contributed by atoms with Crippen molar-refractivity contribution in [1.82, 2.24) is 10.3 Å². The van der Waals surface area contributed by atoms with E-state index in [-0.39, 0.29) is 0 Å². The van der Waals surface area contributed by atoms with Crippen LogP contribution in [0.2, 0.25) is 0 Å². The summed E-state index contributed by atoms with van der Waals surface area (Å²) in [5, 5.41) is 3.75. The third-order valence-electron chi connectivity index (χ3n) is 5.35. The van der Waals surface area contributed by atoms with Crippen LogP contribution >= 0.6 is 0 Å². The number of carbonyl (C=O) groups is 2. The Morgan fingerprint density at radius 1 is 1.03 bits per heavy atom. The Labute approximate surface area is 192 Å². The van der Waals surface area contributed by atoms with Crippen molar-refractivity contribution in [2.24, 2.45) is 0 Å². The molecule has 174 valence electrons. The van der Waals surface area contributed by atoms with Gasteiger partial charge in [-0.2, -0.15) is 0 Å². The number of rotatable bonds is 9. The Morgan fingerprint density at radius 3 is 2.30 bits per heavy atom. The number of amides is 1. The number of nitrogens with one attached hydrogen (secondary N) is 2. The number of hydrogen-bond acceptors (Lipinski definition) is 6.